The zero-order valence-corrected chi connectivity index (χ0v) is 9.01. The Kier molecular flexibility index (Phi) is 2.71. The molecular formula is C12H18N2. The predicted octanol–water partition coefficient (Wildman–Crippen LogP) is 2.64. The summed E-state index contributed by atoms with van der Waals surface area (Å²) >= 11 is 0. The summed E-state index contributed by atoms with van der Waals surface area (Å²) in [7, 11) is 0. The van der Waals surface area contributed by atoms with Crippen molar-refractivity contribution >= 4 is 5.82 Å². The maximum absolute atomic E-state index is 4.38. The van der Waals surface area contributed by atoms with E-state index in [0.29, 0.717) is 0 Å². The first-order valence-electron chi connectivity index (χ1n) is 5.48. The van der Waals surface area contributed by atoms with E-state index in [2.05, 4.69) is 30.2 Å². The Morgan fingerprint density at radius 2 is 2.36 bits per heavy atom. The molecule has 2 heteroatoms. The van der Waals surface area contributed by atoms with Gasteiger partial charge >= 0.3 is 0 Å². The molecule has 0 spiro atoms. The highest BCUT2D eigenvalue weighted by Gasteiger charge is 2.13. The average molecular weight is 190 g/mol. The number of nitrogens with zero attached hydrogens (tertiary/aromatic N) is 1. The Bertz CT molecular complexity index is 318. The SMILES string of the molecule is CC(C)Cc1ccnc2c1CCCN2. The smallest absolute Gasteiger partial charge is 0.129 e. The molecule has 1 N–H and O–H groups in total. The molecule has 0 aromatic carbocycles. The van der Waals surface area contributed by atoms with Crippen molar-refractivity contribution in [2.24, 2.45) is 5.92 Å². The van der Waals surface area contributed by atoms with E-state index in [1.165, 1.54) is 30.4 Å². The Balaban J connectivity index is 2.30. The summed E-state index contributed by atoms with van der Waals surface area (Å²) in [5.41, 5.74) is 2.93. The van der Waals surface area contributed by atoms with Crippen molar-refractivity contribution in [3.8, 4) is 0 Å². The third-order valence-electron chi connectivity index (χ3n) is 2.68. The lowest BCUT2D eigenvalue weighted by Crippen LogP contribution is -2.15. The average Bonchev–Trinajstić information content (AvgIpc) is 2.18. The van der Waals surface area contributed by atoms with Crippen molar-refractivity contribution in [3.63, 3.8) is 0 Å². The lowest BCUT2D eigenvalue weighted by atomic mass is 9.95. The molecule has 1 aromatic rings. The van der Waals surface area contributed by atoms with Crippen LogP contribution in [0.4, 0.5) is 5.82 Å². The van der Waals surface area contributed by atoms with Crippen LogP contribution in [0.1, 0.15) is 31.4 Å². The maximum atomic E-state index is 4.38. The van der Waals surface area contributed by atoms with Crippen molar-refractivity contribution in [3.05, 3.63) is 23.4 Å². The summed E-state index contributed by atoms with van der Waals surface area (Å²) in [5.74, 6) is 1.85. The largest absolute Gasteiger partial charge is 0.370 e. The van der Waals surface area contributed by atoms with Crippen molar-refractivity contribution in [2.45, 2.75) is 33.1 Å². The monoisotopic (exact) mass is 190 g/mol. The number of aromatic nitrogens is 1. The molecule has 1 aromatic heterocycles. The second-order valence-corrected chi connectivity index (χ2v) is 4.43. The van der Waals surface area contributed by atoms with Gasteiger partial charge in [0.2, 0.25) is 0 Å². The van der Waals surface area contributed by atoms with Gasteiger partial charge in [0.05, 0.1) is 0 Å². The van der Waals surface area contributed by atoms with E-state index in [4.69, 9.17) is 0 Å². The van der Waals surface area contributed by atoms with Crippen LogP contribution in [0.5, 0.6) is 0 Å². The molecule has 0 saturated carbocycles. The van der Waals surface area contributed by atoms with E-state index < -0.39 is 0 Å². The normalized spacial score (nSPS) is 15.1. The molecule has 0 atom stereocenters. The van der Waals surface area contributed by atoms with Crippen LogP contribution < -0.4 is 5.32 Å². The van der Waals surface area contributed by atoms with Crippen molar-refractivity contribution in [2.75, 3.05) is 11.9 Å². The predicted molar refractivity (Wildman–Crippen MR) is 59.6 cm³/mol. The first-order chi connectivity index (χ1) is 6.77. The molecular weight excluding hydrogens is 172 g/mol. The quantitative estimate of drug-likeness (QED) is 0.775. The second kappa shape index (κ2) is 3.99. The minimum absolute atomic E-state index is 0.725. The van der Waals surface area contributed by atoms with Crippen LogP contribution in [0.15, 0.2) is 12.3 Å². The third-order valence-corrected chi connectivity index (χ3v) is 2.68. The molecule has 0 bridgehead atoms. The molecule has 1 aliphatic rings. The lowest BCUT2D eigenvalue weighted by Gasteiger charge is -2.20. The fraction of sp³-hybridized carbons (Fsp3) is 0.583. The molecule has 0 saturated heterocycles. The minimum atomic E-state index is 0.725. The van der Waals surface area contributed by atoms with Gasteiger partial charge in [-0.15, -0.1) is 0 Å². The standard InChI is InChI=1S/C12H18N2/c1-9(2)8-10-5-7-14-12-11(10)4-3-6-13-12/h5,7,9H,3-4,6,8H2,1-2H3,(H,13,14). The van der Waals surface area contributed by atoms with Crippen LogP contribution in [-0.4, -0.2) is 11.5 Å². The van der Waals surface area contributed by atoms with Gasteiger partial charge in [0.15, 0.2) is 0 Å². The van der Waals surface area contributed by atoms with Gasteiger partial charge in [0, 0.05) is 12.7 Å². The van der Waals surface area contributed by atoms with Crippen LogP contribution >= 0.6 is 0 Å². The molecule has 14 heavy (non-hydrogen) atoms. The lowest BCUT2D eigenvalue weighted by molar-refractivity contribution is 0.638. The second-order valence-electron chi connectivity index (χ2n) is 4.43. The first-order valence-corrected chi connectivity index (χ1v) is 5.48. The van der Waals surface area contributed by atoms with Gasteiger partial charge in [-0.2, -0.15) is 0 Å². The van der Waals surface area contributed by atoms with Crippen LogP contribution in [0, 0.1) is 5.92 Å². The minimum Gasteiger partial charge on any atom is -0.370 e. The number of rotatable bonds is 2. The highest BCUT2D eigenvalue weighted by atomic mass is 15.0. The highest BCUT2D eigenvalue weighted by molar-refractivity contribution is 5.50. The zero-order chi connectivity index (χ0) is 9.97. The van der Waals surface area contributed by atoms with E-state index in [-0.39, 0.29) is 0 Å². The van der Waals surface area contributed by atoms with Gasteiger partial charge < -0.3 is 5.32 Å². The van der Waals surface area contributed by atoms with Crippen LogP contribution in [0.3, 0.4) is 0 Å². The topological polar surface area (TPSA) is 24.9 Å². The van der Waals surface area contributed by atoms with Crippen molar-refractivity contribution in [1.29, 1.82) is 0 Å². The fourth-order valence-corrected chi connectivity index (χ4v) is 2.07. The van der Waals surface area contributed by atoms with E-state index in [1.54, 1.807) is 0 Å². The van der Waals surface area contributed by atoms with Gasteiger partial charge in [0.25, 0.3) is 0 Å². The summed E-state index contributed by atoms with van der Waals surface area (Å²) < 4.78 is 0. The Labute approximate surface area is 85.7 Å². The molecule has 0 unspecified atom stereocenters. The third kappa shape index (κ3) is 1.89. The van der Waals surface area contributed by atoms with E-state index in [0.717, 1.165) is 18.3 Å². The van der Waals surface area contributed by atoms with Crippen molar-refractivity contribution in [1.82, 2.24) is 4.98 Å². The molecule has 2 heterocycles. The zero-order valence-electron chi connectivity index (χ0n) is 9.01. The number of hydrogen-bond donors (Lipinski definition) is 1. The Hall–Kier alpha value is -1.05. The fourth-order valence-electron chi connectivity index (χ4n) is 2.07. The Morgan fingerprint density at radius 3 is 3.14 bits per heavy atom. The first kappa shape index (κ1) is 9.50. The summed E-state index contributed by atoms with van der Waals surface area (Å²) in [6, 6.07) is 2.17. The van der Waals surface area contributed by atoms with Gasteiger partial charge in [-0.1, -0.05) is 13.8 Å². The summed E-state index contributed by atoms with van der Waals surface area (Å²) in [6.07, 6.45) is 5.53. The molecule has 2 nitrogen and oxygen atoms in total. The van der Waals surface area contributed by atoms with Gasteiger partial charge in [-0.05, 0) is 42.4 Å². The number of pyridine rings is 1. The number of anilines is 1. The molecule has 0 aliphatic carbocycles. The molecule has 0 amide bonds. The van der Waals surface area contributed by atoms with Crippen molar-refractivity contribution < 1.29 is 0 Å². The summed E-state index contributed by atoms with van der Waals surface area (Å²) in [6.45, 7) is 5.61. The van der Waals surface area contributed by atoms with Crippen LogP contribution in [0.25, 0.3) is 0 Å². The number of nitrogens with one attached hydrogen (secondary N) is 1. The summed E-state index contributed by atoms with van der Waals surface area (Å²) in [5, 5.41) is 3.37. The Morgan fingerprint density at radius 1 is 1.50 bits per heavy atom. The molecule has 0 radical (unpaired) electrons. The van der Waals surface area contributed by atoms with E-state index >= 15 is 0 Å². The molecule has 76 valence electrons. The van der Waals surface area contributed by atoms with Gasteiger partial charge in [-0.3, -0.25) is 0 Å². The number of hydrogen-bond acceptors (Lipinski definition) is 2. The van der Waals surface area contributed by atoms with E-state index in [1.807, 2.05) is 6.20 Å². The maximum Gasteiger partial charge on any atom is 0.129 e. The molecule has 2 rings (SSSR count). The van der Waals surface area contributed by atoms with E-state index in [9.17, 15) is 0 Å². The molecule has 0 fully saturated rings. The van der Waals surface area contributed by atoms with Crippen LogP contribution in [-0.2, 0) is 12.8 Å². The molecule has 1 aliphatic heterocycles. The highest BCUT2D eigenvalue weighted by Crippen LogP contribution is 2.24. The van der Waals surface area contributed by atoms with Gasteiger partial charge in [-0.25, -0.2) is 4.98 Å². The number of fused-ring (bicyclic) bond motifs is 1. The summed E-state index contributed by atoms with van der Waals surface area (Å²) in [4.78, 5) is 4.38. The van der Waals surface area contributed by atoms with Gasteiger partial charge in [0.1, 0.15) is 5.82 Å². The van der Waals surface area contributed by atoms with Crippen LogP contribution in [0.2, 0.25) is 0 Å².